The molecule has 0 spiro atoms. The molecule has 6 nitrogen and oxygen atoms in total. The highest BCUT2D eigenvalue weighted by Gasteiger charge is 2.24. The van der Waals surface area contributed by atoms with Gasteiger partial charge in [-0.05, 0) is 49.8 Å². The minimum Gasteiger partial charge on any atom is -0.368 e. The molecule has 1 aliphatic rings. The van der Waals surface area contributed by atoms with E-state index >= 15 is 0 Å². The molecule has 2 aromatic rings. The fourth-order valence-electron chi connectivity index (χ4n) is 4.17. The normalized spacial score (nSPS) is 15.1. The number of nitrogens with one attached hydrogen (secondary N) is 1. The molecular formula is C25H34N4O2. The van der Waals surface area contributed by atoms with Crippen molar-refractivity contribution in [3.05, 3.63) is 65.7 Å². The molecule has 0 aromatic heterocycles. The number of urea groups is 1. The van der Waals surface area contributed by atoms with E-state index in [9.17, 15) is 9.59 Å². The van der Waals surface area contributed by atoms with Gasteiger partial charge in [-0.3, -0.25) is 9.69 Å². The van der Waals surface area contributed by atoms with Crippen LogP contribution in [0.4, 0.5) is 10.5 Å². The summed E-state index contributed by atoms with van der Waals surface area (Å²) in [5.74, 6) is 0.0755. The zero-order valence-electron chi connectivity index (χ0n) is 18.9. The van der Waals surface area contributed by atoms with Crippen LogP contribution in [0.15, 0.2) is 54.6 Å². The molecule has 1 heterocycles. The monoisotopic (exact) mass is 422 g/mol. The molecule has 1 aliphatic heterocycles. The molecule has 0 saturated carbocycles. The fraction of sp³-hybridized carbons (Fsp3) is 0.440. The number of likely N-dealkylation sites (N-methyl/N-ethyl adjacent to an activating group) is 1. The minimum atomic E-state index is -0.000310. The number of nitrogens with zero attached hydrogens (tertiary/aromatic N) is 3. The number of hydrogen-bond donors (Lipinski definition) is 1. The Balaban J connectivity index is 1.54. The zero-order chi connectivity index (χ0) is 22.2. The van der Waals surface area contributed by atoms with E-state index in [-0.39, 0.29) is 17.9 Å². The molecule has 0 unspecified atom stereocenters. The first kappa shape index (κ1) is 22.8. The number of rotatable bonds is 8. The van der Waals surface area contributed by atoms with Gasteiger partial charge in [0.1, 0.15) is 0 Å². The second-order valence-electron chi connectivity index (χ2n) is 7.91. The van der Waals surface area contributed by atoms with Crippen LogP contribution in [-0.2, 0) is 0 Å². The summed E-state index contributed by atoms with van der Waals surface area (Å²) >= 11 is 0. The van der Waals surface area contributed by atoms with Gasteiger partial charge in [0, 0.05) is 44.0 Å². The van der Waals surface area contributed by atoms with Gasteiger partial charge in [-0.15, -0.1) is 0 Å². The van der Waals surface area contributed by atoms with Gasteiger partial charge in [0.25, 0.3) is 0 Å². The lowest BCUT2D eigenvalue weighted by molar-refractivity contribution is 0.101. The van der Waals surface area contributed by atoms with Crippen LogP contribution in [0.1, 0.15) is 42.7 Å². The Hall–Kier alpha value is -2.86. The van der Waals surface area contributed by atoms with E-state index in [4.69, 9.17) is 0 Å². The van der Waals surface area contributed by atoms with Crippen molar-refractivity contribution in [3.8, 4) is 0 Å². The number of carbonyl (C=O) groups excluding carboxylic acids is 2. The Morgan fingerprint density at radius 1 is 0.935 bits per heavy atom. The van der Waals surface area contributed by atoms with Crippen molar-refractivity contribution in [1.29, 1.82) is 0 Å². The summed E-state index contributed by atoms with van der Waals surface area (Å²) < 4.78 is 0. The van der Waals surface area contributed by atoms with E-state index in [1.165, 1.54) is 5.56 Å². The summed E-state index contributed by atoms with van der Waals surface area (Å²) in [7, 11) is 0. The third-order valence-electron chi connectivity index (χ3n) is 6.09. The minimum absolute atomic E-state index is 0.000310. The largest absolute Gasteiger partial charge is 0.368 e. The first-order valence-corrected chi connectivity index (χ1v) is 11.2. The Kier molecular flexibility index (Phi) is 8.06. The Morgan fingerprint density at radius 2 is 1.55 bits per heavy atom. The quantitative estimate of drug-likeness (QED) is 0.658. The smallest absolute Gasteiger partial charge is 0.317 e. The highest BCUT2D eigenvalue weighted by Crippen LogP contribution is 2.20. The Morgan fingerprint density at radius 3 is 2.10 bits per heavy atom. The number of ketones is 1. The van der Waals surface area contributed by atoms with Crippen LogP contribution < -0.4 is 10.2 Å². The molecule has 0 aliphatic carbocycles. The number of piperazine rings is 1. The number of benzene rings is 2. The number of amides is 2. The van der Waals surface area contributed by atoms with Crippen molar-refractivity contribution >= 4 is 17.5 Å². The summed E-state index contributed by atoms with van der Waals surface area (Å²) in [6.07, 6.45) is 0. The highest BCUT2D eigenvalue weighted by molar-refractivity contribution is 5.94. The molecule has 1 fully saturated rings. The molecule has 1 atom stereocenters. The lowest BCUT2D eigenvalue weighted by atomic mass is 10.1. The van der Waals surface area contributed by atoms with Crippen LogP contribution in [0.3, 0.4) is 0 Å². The number of anilines is 1. The summed E-state index contributed by atoms with van der Waals surface area (Å²) in [5, 5.41) is 3.16. The third kappa shape index (κ3) is 5.85. The number of hydrogen-bond acceptors (Lipinski definition) is 4. The predicted molar refractivity (Wildman–Crippen MR) is 126 cm³/mol. The van der Waals surface area contributed by atoms with Crippen LogP contribution in [0.5, 0.6) is 0 Å². The van der Waals surface area contributed by atoms with Crippen molar-refractivity contribution in [2.75, 3.05) is 50.7 Å². The van der Waals surface area contributed by atoms with Gasteiger partial charge in [0.05, 0.1) is 6.04 Å². The van der Waals surface area contributed by atoms with Gasteiger partial charge in [-0.25, -0.2) is 4.79 Å². The van der Waals surface area contributed by atoms with Crippen LogP contribution in [0, 0.1) is 0 Å². The third-order valence-corrected chi connectivity index (χ3v) is 6.09. The topological polar surface area (TPSA) is 55.9 Å². The number of carbonyl (C=O) groups is 2. The van der Waals surface area contributed by atoms with Gasteiger partial charge in [-0.1, -0.05) is 44.2 Å². The Labute approximate surface area is 185 Å². The van der Waals surface area contributed by atoms with Crippen LogP contribution in [-0.4, -0.2) is 67.4 Å². The van der Waals surface area contributed by atoms with Crippen molar-refractivity contribution in [3.63, 3.8) is 0 Å². The van der Waals surface area contributed by atoms with E-state index in [1.54, 1.807) is 6.92 Å². The van der Waals surface area contributed by atoms with Gasteiger partial charge in [0.2, 0.25) is 0 Å². The van der Waals surface area contributed by atoms with Crippen molar-refractivity contribution in [2.45, 2.75) is 26.8 Å². The van der Waals surface area contributed by atoms with E-state index in [1.807, 2.05) is 35.2 Å². The van der Waals surface area contributed by atoms with Crippen molar-refractivity contribution in [2.24, 2.45) is 0 Å². The molecule has 2 aromatic carbocycles. The lowest BCUT2D eigenvalue weighted by Crippen LogP contribution is -2.52. The van der Waals surface area contributed by atoms with Crippen LogP contribution in [0.25, 0.3) is 0 Å². The summed E-state index contributed by atoms with van der Waals surface area (Å²) in [6, 6.07) is 18.3. The summed E-state index contributed by atoms with van der Waals surface area (Å²) in [4.78, 5) is 30.8. The van der Waals surface area contributed by atoms with E-state index in [0.717, 1.165) is 37.4 Å². The van der Waals surface area contributed by atoms with Gasteiger partial charge < -0.3 is 15.1 Å². The van der Waals surface area contributed by atoms with E-state index in [2.05, 4.69) is 53.2 Å². The van der Waals surface area contributed by atoms with Gasteiger partial charge >= 0.3 is 6.03 Å². The molecular weight excluding hydrogens is 388 g/mol. The molecule has 6 heteroatoms. The molecule has 0 bridgehead atoms. The molecule has 1 saturated heterocycles. The summed E-state index contributed by atoms with van der Waals surface area (Å²) in [6.45, 7) is 11.3. The maximum absolute atomic E-state index is 12.8. The second-order valence-corrected chi connectivity index (χ2v) is 7.91. The zero-order valence-corrected chi connectivity index (χ0v) is 18.9. The molecule has 166 valence electrons. The molecule has 3 rings (SSSR count). The van der Waals surface area contributed by atoms with Gasteiger partial charge in [-0.2, -0.15) is 0 Å². The summed E-state index contributed by atoms with van der Waals surface area (Å²) in [5.41, 5.74) is 3.05. The Bertz CT molecular complexity index is 842. The molecule has 2 amide bonds. The fourth-order valence-corrected chi connectivity index (χ4v) is 4.17. The van der Waals surface area contributed by atoms with E-state index in [0.29, 0.717) is 19.6 Å². The van der Waals surface area contributed by atoms with Crippen molar-refractivity contribution < 1.29 is 9.59 Å². The van der Waals surface area contributed by atoms with E-state index < -0.39 is 0 Å². The highest BCUT2D eigenvalue weighted by atomic mass is 16.2. The average molecular weight is 423 g/mol. The maximum Gasteiger partial charge on any atom is 0.317 e. The first-order chi connectivity index (χ1) is 15.0. The second kappa shape index (κ2) is 11.0. The predicted octanol–water partition coefficient (Wildman–Crippen LogP) is 3.80. The maximum atomic E-state index is 12.8. The average Bonchev–Trinajstić information content (AvgIpc) is 2.82. The first-order valence-electron chi connectivity index (χ1n) is 11.2. The molecule has 1 N–H and O–H groups in total. The standard InChI is InChI=1S/C25H34N4O2/c1-4-27(5-2)24(22-9-7-6-8-10-22)19-26-25(31)29-17-15-28(16-18-29)23-13-11-21(12-14-23)20(3)30/h6-14,24H,4-5,15-19H2,1-3H3,(H,26,31)/t24-/m1/s1. The van der Waals surface area contributed by atoms with Crippen molar-refractivity contribution in [1.82, 2.24) is 15.1 Å². The van der Waals surface area contributed by atoms with Gasteiger partial charge in [0.15, 0.2) is 5.78 Å². The van der Waals surface area contributed by atoms with Crippen LogP contribution in [0.2, 0.25) is 0 Å². The SMILES string of the molecule is CCN(CC)[C@H](CNC(=O)N1CCN(c2ccc(C(C)=O)cc2)CC1)c1ccccc1. The number of Topliss-reactive ketones (excluding diaryl/α,β-unsaturated/α-hetero) is 1. The molecule has 0 radical (unpaired) electrons. The molecule has 31 heavy (non-hydrogen) atoms. The lowest BCUT2D eigenvalue weighted by Gasteiger charge is -2.37. The van der Waals surface area contributed by atoms with Crippen LogP contribution >= 0.6 is 0 Å².